The highest BCUT2D eigenvalue weighted by Crippen LogP contribution is 2.34. The SMILES string of the molecule is CN(C(=O)OC(C)(C)C)c1cc(Nc2cccnc2OC2CC2)nc2c(C(=O)NC3CC3N3CCCC3)cnn12. The molecule has 12 heteroatoms. The Morgan fingerprint density at radius 1 is 1.18 bits per heavy atom. The molecule has 6 rings (SSSR count). The van der Waals surface area contributed by atoms with Gasteiger partial charge in [0.05, 0.1) is 6.20 Å². The predicted octanol–water partition coefficient (Wildman–Crippen LogP) is 3.75. The molecule has 40 heavy (non-hydrogen) atoms. The van der Waals surface area contributed by atoms with Crippen LogP contribution in [0.25, 0.3) is 5.65 Å². The van der Waals surface area contributed by atoms with E-state index >= 15 is 0 Å². The van der Waals surface area contributed by atoms with Gasteiger partial charge >= 0.3 is 6.09 Å². The summed E-state index contributed by atoms with van der Waals surface area (Å²) < 4.78 is 13.0. The molecule has 2 N–H and O–H groups in total. The molecule has 3 fully saturated rings. The van der Waals surface area contributed by atoms with Crippen LogP contribution in [0.15, 0.2) is 30.6 Å². The van der Waals surface area contributed by atoms with Gasteiger partial charge in [-0.15, -0.1) is 0 Å². The lowest BCUT2D eigenvalue weighted by Crippen LogP contribution is -2.35. The second-order valence-electron chi connectivity index (χ2n) is 11.8. The molecular formula is C28H36N8O4. The van der Waals surface area contributed by atoms with Gasteiger partial charge in [0.2, 0.25) is 5.88 Å². The van der Waals surface area contributed by atoms with Gasteiger partial charge in [0.25, 0.3) is 5.91 Å². The molecule has 0 spiro atoms. The van der Waals surface area contributed by atoms with Crippen molar-refractivity contribution in [2.24, 2.45) is 0 Å². The highest BCUT2D eigenvalue weighted by molar-refractivity contribution is 6.01. The van der Waals surface area contributed by atoms with E-state index in [4.69, 9.17) is 14.5 Å². The number of carbonyl (C=O) groups excluding carboxylic acids is 2. The minimum Gasteiger partial charge on any atom is -0.473 e. The van der Waals surface area contributed by atoms with Crippen LogP contribution in [-0.2, 0) is 4.74 Å². The topological polar surface area (TPSA) is 126 Å². The number of carbonyl (C=O) groups is 2. The van der Waals surface area contributed by atoms with Gasteiger partial charge in [-0.3, -0.25) is 14.6 Å². The van der Waals surface area contributed by atoms with Crippen LogP contribution in [0.4, 0.5) is 22.1 Å². The maximum atomic E-state index is 13.4. The van der Waals surface area contributed by atoms with Crippen LogP contribution in [0.3, 0.4) is 0 Å². The second kappa shape index (κ2) is 10.2. The van der Waals surface area contributed by atoms with Crippen molar-refractivity contribution in [3.05, 3.63) is 36.2 Å². The summed E-state index contributed by atoms with van der Waals surface area (Å²) in [5.41, 5.74) is 0.596. The van der Waals surface area contributed by atoms with Gasteiger partial charge in [0.15, 0.2) is 5.65 Å². The molecule has 1 saturated heterocycles. The van der Waals surface area contributed by atoms with E-state index in [-0.39, 0.29) is 18.1 Å². The number of fused-ring (bicyclic) bond motifs is 1. The molecule has 0 radical (unpaired) electrons. The number of pyridine rings is 1. The summed E-state index contributed by atoms with van der Waals surface area (Å²) in [4.78, 5) is 39.4. The number of hydrogen-bond donors (Lipinski definition) is 2. The molecule has 2 atom stereocenters. The maximum absolute atomic E-state index is 13.4. The van der Waals surface area contributed by atoms with Crippen molar-refractivity contribution in [1.82, 2.24) is 29.8 Å². The molecule has 212 valence electrons. The Labute approximate surface area is 233 Å². The molecule has 12 nitrogen and oxygen atoms in total. The number of nitrogens with zero attached hydrogens (tertiary/aromatic N) is 6. The third-order valence-corrected chi connectivity index (χ3v) is 7.23. The quantitative estimate of drug-likeness (QED) is 0.433. The Morgan fingerprint density at radius 3 is 2.67 bits per heavy atom. The Bertz CT molecular complexity index is 1420. The van der Waals surface area contributed by atoms with Crippen LogP contribution in [0, 0.1) is 0 Å². The van der Waals surface area contributed by atoms with Crippen molar-refractivity contribution in [3.63, 3.8) is 0 Å². The van der Waals surface area contributed by atoms with E-state index in [0.29, 0.717) is 40.5 Å². The van der Waals surface area contributed by atoms with Gasteiger partial charge in [-0.25, -0.2) is 14.8 Å². The fourth-order valence-electron chi connectivity index (χ4n) is 4.96. The first kappa shape index (κ1) is 26.3. The number of aromatic nitrogens is 4. The van der Waals surface area contributed by atoms with Crippen molar-refractivity contribution in [2.45, 2.75) is 76.7 Å². The molecule has 4 heterocycles. The molecule has 2 aliphatic carbocycles. The second-order valence-corrected chi connectivity index (χ2v) is 11.8. The average Bonchev–Trinajstić information content (AvgIpc) is 3.76. The van der Waals surface area contributed by atoms with E-state index in [1.165, 1.54) is 28.5 Å². The molecule has 3 aromatic rings. The van der Waals surface area contributed by atoms with Crippen LogP contribution < -0.4 is 20.3 Å². The van der Waals surface area contributed by atoms with Crippen LogP contribution in [0.1, 0.15) is 63.2 Å². The van der Waals surface area contributed by atoms with Crippen LogP contribution in [0.5, 0.6) is 5.88 Å². The van der Waals surface area contributed by atoms with Crippen LogP contribution in [-0.4, -0.2) is 80.4 Å². The summed E-state index contributed by atoms with van der Waals surface area (Å²) >= 11 is 0. The van der Waals surface area contributed by atoms with Gasteiger partial charge in [0.1, 0.15) is 34.6 Å². The van der Waals surface area contributed by atoms with E-state index in [1.54, 1.807) is 46.1 Å². The highest BCUT2D eigenvalue weighted by atomic mass is 16.6. The zero-order valence-electron chi connectivity index (χ0n) is 23.4. The third kappa shape index (κ3) is 5.67. The van der Waals surface area contributed by atoms with Crippen molar-refractivity contribution in [3.8, 4) is 5.88 Å². The number of hydrogen-bond acceptors (Lipinski definition) is 9. The van der Waals surface area contributed by atoms with Crippen LogP contribution >= 0.6 is 0 Å². The van der Waals surface area contributed by atoms with Crippen molar-refractivity contribution in [2.75, 3.05) is 30.4 Å². The first-order valence-electron chi connectivity index (χ1n) is 14.0. The fourth-order valence-corrected chi connectivity index (χ4v) is 4.96. The van der Waals surface area contributed by atoms with E-state index in [1.807, 2.05) is 6.07 Å². The average molecular weight is 549 g/mol. The first-order chi connectivity index (χ1) is 19.2. The number of amides is 2. The molecule has 2 saturated carbocycles. The number of anilines is 3. The molecule has 3 aromatic heterocycles. The summed E-state index contributed by atoms with van der Waals surface area (Å²) in [5, 5.41) is 10.9. The zero-order chi connectivity index (χ0) is 28.0. The monoisotopic (exact) mass is 548 g/mol. The number of nitrogens with one attached hydrogen (secondary N) is 2. The summed E-state index contributed by atoms with van der Waals surface area (Å²) in [5.74, 6) is 1.02. The van der Waals surface area contributed by atoms with Gasteiger partial charge < -0.3 is 20.1 Å². The van der Waals surface area contributed by atoms with E-state index in [9.17, 15) is 9.59 Å². The van der Waals surface area contributed by atoms with Crippen LogP contribution in [0.2, 0.25) is 0 Å². The molecule has 0 aromatic carbocycles. The number of ether oxygens (including phenoxy) is 2. The lowest BCUT2D eigenvalue weighted by Gasteiger charge is -2.25. The highest BCUT2D eigenvalue weighted by Gasteiger charge is 2.43. The molecule has 2 amide bonds. The van der Waals surface area contributed by atoms with E-state index in [0.717, 1.165) is 32.4 Å². The van der Waals surface area contributed by atoms with Gasteiger partial charge in [0, 0.05) is 31.4 Å². The first-order valence-corrected chi connectivity index (χ1v) is 14.0. The maximum Gasteiger partial charge on any atom is 0.415 e. The zero-order valence-corrected chi connectivity index (χ0v) is 23.4. The van der Waals surface area contributed by atoms with Crippen molar-refractivity contribution < 1.29 is 19.1 Å². The number of likely N-dealkylation sites (tertiary alicyclic amines) is 1. The smallest absolute Gasteiger partial charge is 0.415 e. The normalized spacial score (nSPS) is 20.8. The Balaban J connectivity index is 1.32. The van der Waals surface area contributed by atoms with Gasteiger partial charge in [-0.1, -0.05) is 0 Å². The largest absolute Gasteiger partial charge is 0.473 e. The van der Waals surface area contributed by atoms with Gasteiger partial charge in [-0.2, -0.15) is 9.61 Å². The Hall–Kier alpha value is -3.93. The molecule has 2 unspecified atom stereocenters. The summed E-state index contributed by atoms with van der Waals surface area (Å²) in [6, 6.07) is 5.84. The minimum atomic E-state index is -0.686. The molecule has 0 bridgehead atoms. The van der Waals surface area contributed by atoms with Crippen molar-refractivity contribution in [1.29, 1.82) is 0 Å². The molecule has 3 aliphatic rings. The summed E-state index contributed by atoms with van der Waals surface area (Å²) in [6.07, 6.45) is 8.14. The Morgan fingerprint density at radius 2 is 1.95 bits per heavy atom. The van der Waals surface area contributed by atoms with Gasteiger partial charge in [-0.05, 0) is 78.1 Å². The standard InChI is InChI=1S/C28H36N8O4/c1-28(2,3)40-27(38)34(4)23-15-22(31-19-8-7-11-29-26(19)39-17-9-10-17)33-24-18(16-30-36(23)24)25(37)32-20-14-21(20)35-12-5-6-13-35/h7-8,11,15-17,20-21H,5-6,9-10,12-14H2,1-4H3,(H,31,33)(H,32,37). The predicted molar refractivity (Wildman–Crippen MR) is 149 cm³/mol. The summed E-state index contributed by atoms with van der Waals surface area (Å²) in [6.45, 7) is 7.60. The van der Waals surface area contributed by atoms with E-state index in [2.05, 4.69) is 25.6 Å². The third-order valence-electron chi connectivity index (χ3n) is 7.23. The van der Waals surface area contributed by atoms with Crippen molar-refractivity contribution >= 4 is 35.0 Å². The molecule has 1 aliphatic heterocycles. The lowest BCUT2D eigenvalue weighted by molar-refractivity contribution is 0.0587. The summed E-state index contributed by atoms with van der Waals surface area (Å²) in [7, 11) is 1.60. The fraction of sp³-hybridized carbons (Fsp3) is 0.536. The minimum absolute atomic E-state index is 0.114. The van der Waals surface area contributed by atoms with E-state index < -0.39 is 11.7 Å². The number of rotatable bonds is 8. The molecular weight excluding hydrogens is 512 g/mol. The lowest BCUT2D eigenvalue weighted by atomic mass is 10.2. The Kier molecular flexibility index (Phi) is 6.73.